The summed E-state index contributed by atoms with van der Waals surface area (Å²) in [5, 5.41) is 16.4. The van der Waals surface area contributed by atoms with Crippen molar-refractivity contribution in [1.82, 2.24) is 15.1 Å². The molecule has 1 aliphatic heterocycles. The molecule has 2 amide bonds. The molecule has 3 aliphatic rings. The van der Waals surface area contributed by atoms with Crippen LogP contribution in [0.4, 0.5) is 5.00 Å². The van der Waals surface area contributed by atoms with E-state index in [0.29, 0.717) is 31.1 Å². The zero-order valence-corrected chi connectivity index (χ0v) is 18.4. The van der Waals surface area contributed by atoms with Crippen LogP contribution in [0, 0.1) is 11.3 Å². The smallest absolute Gasteiger partial charge is 0.234 e. The van der Waals surface area contributed by atoms with Gasteiger partial charge in [-0.3, -0.25) is 14.5 Å². The van der Waals surface area contributed by atoms with Crippen LogP contribution >= 0.6 is 11.3 Å². The molecule has 2 aliphatic carbocycles. The van der Waals surface area contributed by atoms with Gasteiger partial charge in [0.15, 0.2) is 0 Å². The third kappa shape index (κ3) is 5.60. The van der Waals surface area contributed by atoms with Gasteiger partial charge in [0.1, 0.15) is 11.1 Å². The van der Waals surface area contributed by atoms with Crippen LogP contribution < -0.4 is 10.6 Å². The lowest BCUT2D eigenvalue weighted by Crippen LogP contribution is -2.50. The molecule has 2 N–H and O–H groups in total. The van der Waals surface area contributed by atoms with Crippen LogP contribution in [-0.4, -0.2) is 66.9 Å². The summed E-state index contributed by atoms with van der Waals surface area (Å²) in [6.45, 7) is 4.65. The van der Waals surface area contributed by atoms with Crippen LogP contribution in [0.25, 0.3) is 0 Å². The van der Waals surface area contributed by atoms with Gasteiger partial charge in [0, 0.05) is 50.1 Å². The fraction of sp³-hybridized carbons (Fsp3) is 0.682. The quantitative estimate of drug-likeness (QED) is 0.648. The van der Waals surface area contributed by atoms with Crippen LogP contribution in [0.5, 0.6) is 0 Å². The molecule has 8 heteroatoms. The van der Waals surface area contributed by atoms with Crippen LogP contribution in [0.15, 0.2) is 0 Å². The number of aryl methyl sites for hydroxylation is 1. The van der Waals surface area contributed by atoms with Gasteiger partial charge in [0.25, 0.3) is 0 Å². The molecule has 0 spiro atoms. The van der Waals surface area contributed by atoms with Gasteiger partial charge < -0.3 is 15.5 Å². The van der Waals surface area contributed by atoms with E-state index in [1.165, 1.54) is 17.7 Å². The van der Waals surface area contributed by atoms with Crippen molar-refractivity contribution in [3.8, 4) is 6.07 Å². The Bertz CT molecular complexity index is 818. The van der Waals surface area contributed by atoms with E-state index in [9.17, 15) is 14.9 Å². The number of anilines is 1. The van der Waals surface area contributed by atoms with E-state index in [1.54, 1.807) is 11.3 Å². The van der Waals surface area contributed by atoms with Crippen molar-refractivity contribution in [1.29, 1.82) is 5.26 Å². The number of nitriles is 1. The third-order valence-electron chi connectivity index (χ3n) is 6.22. The number of hydrogen-bond acceptors (Lipinski definition) is 6. The lowest BCUT2D eigenvalue weighted by atomic mass is 10.1. The molecule has 0 atom stereocenters. The van der Waals surface area contributed by atoms with Crippen LogP contribution in [0.1, 0.15) is 54.5 Å². The Hall–Kier alpha value is -1.95. The Morgan fingerprint density at radius 3 is 2.50 bits per heavy atom. The maximum Gasteiger partial charge on any atom is 0.234 e. The largest absolute Gasteiger partial charge is 0.352 e. The number of nitrogens with zero attached hydrogens (tertiary/aromatic N) is 3. The van der Waals surface area contributed by atoms with Crippen LogP contribution in [-0.2, 0) is 22.4 Å². The molecular formula is C22H31N5O2S. The predicted octanol–water partition coefficient (Wildman–Crippen LogP) is 2.11. The number of thiophene rings is 1. The third-order valence-corrected chi connectivity index (χ3v) is 7.42. The fourth-order valence-corrected chi connectivity index (χ4v) is 5.53. The van der Waals surface area contributed by atoms with Gasteiger partial charge in [0.2, 0.25) is 11.8 Å². The number of hydrogen-bond donors (Lipinski definition) is 2. The number of amides is 2. The molecule has 0 unspecified atom stereocenters. The summed E-state index contributed by atoms with van der Waals surface area (Å²) in [4.78, 5) is 30.2. The summed E-state index contributed by atoms with van der Waals surface area (Å²) in [7, 11) is 0. The molecule has 0 aromatic carbocycles. The van der Waals surface area contributed by atoms with Crippen molar-refractivity contribution in [3.63, 3.8) is 0 Å². The highest BCUT2D eigenvalue weighted by Crippen LogP contribution is 2.37. The van der Waals surface area contributed by atoms with E-state index >= 15 is 0 Å². The van der Waals surface area contributed by atoms with Crippen molar-refractivity contribution < 1.29 is 9.59 Å². The molecule has 4 rings (SSSR count). The minimum Gasteiger partial charge on any atom is -0.352 e. The first kappa shape index (κ1) is 21.3. The molecule has 1 saturated carbocycles. The SMILES string of the molecule is N#Cc1c(NC(=O)CCN2CCN(CC(=O)NC3CC3)CC2)sc2c1CCCCC2. The van der Waals surface area contributed by atoms with Crippen molar-refractivity contribution in [2.75, 3.05) is 44.6 Å². The summed E-state index contributed by atoms with van der Waals surface area (Å²) in [6, 6.07) is 2.74. The number of piperazine rings is 1. The Kier molecular flexibility index (Phi) is 7.03. The zero-order valence-electron chi connectivity index (χ0n) is 17.5. The Morgan fingerprint density at radius 1 is 1.03 bits per heavy atom. The molecule has 1 aromatic heterocycles. The van der Waals surface area contributed by atoms with Gasteiger partial charge >= 0.3 is 0 Å². The highest BCUT2D eigenvalue weighted by atomic mass is 32.1. The first-order chi connectivity index (χ1) is 14.6. The molecule has 162 valence electrons. The van der Waals surface area contributed by atoms with Gasteiger partial charge in [-0.1, -0.05) is 6.42 Å². The van der Waals surface area contributed by atoms with E-state index in [-0.39, 0.29) is 11.8 Å². The standard InChI is InChI=1S/C22H31N5O2S/c23-14-18-17-4-2-1-3-5-19(17)30-22(18)25-20(28)8-9-26-10-12-27(13-11-26)15-21(29)24-16-6-7-16/h16H,1-13,15H2,(H,24,29)(H,25,28). The highest BCUT2D eigenvalue weighted by Gasteiger charge is 2.25. The van der Waals surface area contributed by atoms with Crippen molar-refractivity contribution in [2.24, 2.45) is 0 Å². The predicted molar refractivity (Wildman–Crippen MR) is 118 cm³/mol. The summed E-state index contributed by atoms with van der Waals surface area (Å²) < 4.78 is 0. The van der Waals surface area contributed by atoms with Gasteiger partial charge in [0.05, 0.1) is 12.1 Å². The van der Waals surface area contributed by atoms with E-state index in [4.69, 9.17) is 0 Å². The molecule has 7 nitrogen and oxygen atoms in total. The normalized spacial score (nSPS) is 20.1. The molecular weight excluding hydrogens is 398 g/mol. The molecule has 2 fully saturated rings. The lowest BCUT2D eigenvalue weighted by Gasteiger charge is -2.34. The Labute approximate surface area is 182 Å². The minimum atomic E-state index is -0.0193. The average molecular weight is 430 g/mol. The number of nitrogens with one attached hydrogen (secondary N) is 2. The van der Waals surface area contributed by atoms with Gasteiger partial charge in [-0.25, -0.2) is 0 Å². The molecule has 0 radical (unpaired) electrons. The maximum atomic E-state index is 12.5. The molecule has 0 bridgehead atoms. The monoisotopic (exact) mass is 429 g/mol. The number of rotatable bonds is 7. The molecule has 2 heterocycles. The minimum absolute atomic E-state index is 0.0193. The van der Waals surface area contributed by atoms with Gasteiger partial charge in [-0.2, -0.15) is 5.26 Å². The van der Waals surface area contributed by atoms with Crippen LogP contribution in [0.2, 0.25) is 0 Å². The zero-order chi connectivity index (χ0) is 20.9. The van der Waals surface area contributed by atoms with E-state index in [1.807, 2.05) is 0 Å². The first-order valence-electron chi connectivity index (χ1n) is 11.2. The second-order valence-electron chi connectivity index (χ2n) is 8.64. The fourth-order valence-electron chi connectivity index (χ4n) is 4.27. The summed E-state index contributed by atoms with van der Waals surface area (Å²) in [5.41, 5.74) is 1.85. The summed E-state index contributed by atoms with van der Waals surface area (Å²) in [6.07, 6.45) is 8.14. The number of fused-ring (bicyclic) bond motifs is 1. The Balaban J connectivity index is 1.20. The second kappa shape index (κ2) is 9.90. The Morgan fingerprint density at radius 2 is 1.77 bits per heavy atom. The van der Waals surface area contributed by atoms with Crippen molar-refractivity contribution in [2.45, 2.75) is 57.4 Å². The number of carbonyl (C=O) groups excluding carboxylic acids is 2. The average Bonchev–Trinajstić information content (AvgIpc) is 3.52. The van der Waals surface area contributed by atoms with E-state index in [2.05, 4.69) is 26.5 Å². The highest BCUT2D eigenvalue weighted by molar-refractivity contribution is 7.16. The summed E-state index contributed by atoms with van der Waals surface area (Å²) >= 11 is 1.59. The van der Waals surface area contributed by atoms with E-state index in [0.717, 1.165) is 68.8 Å². The molecule has 30 heavy (non-hydrogen) atoms. The van der Waals surface area contributed by atoms with Crippen molar-refractivity contribution >= 4 is 28.2 Å². The molecule has 1 saturated heterocycles. The van der Waals surface area contributed by atoms with Gasteiger partial charge in [-0.15, -0.1) is 11.3 Å². The second-order valence-corrected chi connectivity index (χ2v) is 9.74. The molecule has 1 aromatic rings. The maximum absolute atomic E-state index is 12.5. The van der Waals surface area contributed by atoms with E-state index < -0.39 is 0 Å². The first-order valence-corrected chi connectivity index (χ1v) is 12.0. The summed E-state index contributed by atoms with van der Waals surface area (Å²) in [5.74, 6) is 0.113. The number of carbonyl (C=O) groups is 2. The topological polar surface area (TPSA) is 88.5 Å². The van der Waals surface area contributed by atoms with Crippen molar-refractivity contribution in [3.05, 3.63) is 16.0 Å². The lowest BCUT2D eigenvalue weighted by molar-refractivity contribution is -0.122. The van der Waals surface area contributed by atoms with Crippen LogP contribution in [0.3, 0.4) is 0 Å². The van der Waals surface area contributed by atoms with Gasteiger partial charge in [-0.05, 0) is 44.1 Å².